The minimum Gasteiger partial charge on any atom is -0.396 e. The fourth-order valence-electron chi connectivity index (χ4n) is 3.21. The maximum Gasteiger partial charge on any atom is 0.0474 e. The van der Waals surface area contributed by atoms with Crippen LogP contribution in [-0.4, -0.2) is 17.8 Å². The van der Waals surface area contributed by atoms with Gasteiger partial charge in [0.15, 0.2) is 0 Å². The highest BCUT2D eigenvalue weighted by atomic mass is 16.3. The Balaban J connectivity index is 1.83. The highest BCUT2D eigenvalue weighted by Gasteiger charge is 2.23. The standard InChI is InChI=1S/C18H29NO/c1-14(2)11-15-7-9-16(10-8-15)12-19-18-6-4-3-5-17(18)13-20/h7-10,14,17-20H,3-6,11-13H2,1-2H3. The molecule has 2 rings (SSSR count). The van der Waals surface area contributed by atoms with E-state index in [9.17, 15) is 5.11 Å². The van der Waals surface area contributed by atoms with Crippen LogP contribution in [0.2, 0.25) is 0 Å². The van der Waals surface area contributed by atoms with Gasteiger partial charge in [-0.1, -0.05) is 51.0 Å². The molecular formula is C18H29NO. The Kier molecular flexibility index (Phi) is 6.06. The number of hydrogen-bond acceptors (Lipinski definition) is 2. The highest BCUT2D eigenvalue weighted by molar-refractivity contribution is 5.22. The summed E-state index contributed by atoms with van der Waals surface area (Å²) in [5.41, 5.74) is 2.77. The second kappa shape index (κ2) is 7.80. The maximum atomic E-state index is 9.44. The van der Waals surface area contributed by atoms with Crippen molar-refractivity contribution in [3.8, 4) is 0 Å². The first-order valence-electron chi connectivity index (χ1n) is 8.11. The fourth-order valence-corrected chi connectivity index (χ4v) is 3.21. The molecule has 0 aliphatic heterocycles. The lowest BCUT2D eigenvalue weighted by molar-refractivity contribution is 0.152. The normalized spacial score (nSPS) is 23.2. The van der Waals surface area contributed by atoms with Gasteiger partial charge >= 0.3 is 0 Å². The Hall–Kier alpha value is -0.860. The molecule has 1 aromatic carbocycles. The highest BCUT2D eigenvalue weighted by Crippen LogP contribution is 2.24. The number of nitrogens with one attached hydrogen (secondary N) is 1. The molecule has 1 fully saturated rings. The third-order valence-electron chi connectivity index (χ3n) is 4.38. The van der Waals surface area contributed by atoms with E-state index >= 15 is 0 Å². The zero-order valence-corrected chi connectivity index (χ0v) is 12.9. The smallest absolute Gasteiger partial charge is 0.0474 e. The van der Waals surface area contributed by atoms with Crippen LogP contribution in [0, 0.1) is 11.8 Å². The molecule has 1 saturated carbocycles. The SMILES string of the molecule is CC(C)Cc1ccc(CNC2CCCCC2CO)cc1. The fraction of sp³-hybridized carbons (Fsp3) is 0.667. The van der Waals surface area contributed by atoms with Crippen molar-refractivity contribution in [2.45, 2.75) is 58.5 Å². The lowest BCUT2D eigenvalue weighted by Crippen LogP contribution is -2.39. The van der Waals surface area contributed by atoms with E-state index in [0.717, 1.165) is 13.0 Å². The van der Waals surface area contributed by atoms with Crippen molar-refractivity contribution in [3.63, 3.8) is 0 Å². The van der Waals surface area contributed by atoms with Gasteiger partial charge in [-0.05, 0) is 42.2 Å². The topological polar surface area (TPSA) is 32.3 Å². The van der Waals surface area contributed by atoms with E-state index < -0.39 is 0 Å². The summed E-state index contributed by atoms with van der Waals surface area (Å²) in [6, 6.07) is 9.47. The van der Waals surface area contributed by atoms with Gasteiger partial charge in [-0.25, -0.2) is 0 Å². The molecule has 20 heavy (non-hydrogen) atoms. The molecule has 1 aliphatic rings. The Morgan fingerprint density at radius 2 is 1.75 bits per heavy atom. The molecular weight excluding hydrogens is 246 g/mol. The Morgan fingerprint density at radius 1 is 1.10 bits per heavy atom. The number of aliphatic hydroxyl groups is 1. The van der Waals surface area contributed by atoms with Crippen LogP contribution in [0.1, 0.15) is 50.7 Å². The number of benzene rings is 1. The van der Waals surface area contributed by atoms with Gasteiger partial charge in [0.1, 0.15) is 0 Å². The molecule has 0 saturated heterocycles. The summed E-state index contributed by atoms with van der Waals surface area (Å²) < 4.78 is 0. The molecule has 1 aliphatic carbocycles. The van der Waals surface area contributed by atoms with Gasteiger partial charge in [0.05, 0.1) is 0 Å². The molecule has 1 aromatic rings. The Morgan fingerprint density at radius 3 is 2.40 bits per heavy atom. The van der Waals surface area contributed by atoms with Gasteiger partial charge in [-0.3, -0.25) is 0 Å². The predicted octanol–water partition coefficient (Wildman–Crippen LogP) is 3.53. The second-order valence-corrected chi connectivity index (χ2v) is 6.63. The lowest BCUT2D eigenvalue weighted by Gasteiger charge is -2.31. The summed E-state index contributed by atoms with van der Waals surface area (Å²) in [5, 5.41) is 13.1. The molecule has 0 spiro atoms. The summed E-state index contributed by atoms with van der Waals surface area (Å²) in [6.07, 6.45) is 6.09. The third-order valence-corrected chi connectivity index (χ3v) is 4.38. The molecule has 2 unspecified atom stereocenters. The van der Waals surface area contributed by atoms with Crippen LogP contribution < -0.4 is 5.32 Å². The zero-order chi connectivity index (χ0) is 14.4. The largest absolute Gasteiger partial charge is 0.396 e. The van der Waals surface area contributed by atoms with Crippen molar-refractivity contribution in [1.29, 1.82) is 0 Å². The van der Waals surface area contributed by atoms with Gasteiger partial charge in [0.2, 0.25) is 0 Å². The molecule has 0 bridgehead atoms. The molecule has 2 nitrogen and oxygen atoms in total. The van der Waals surface area contributed by atoms with E-state index in [1.807, 2.05) is 0 Å². The van der Waals surface area contributed by atoms with E-state index in [1.54, 1.807) is 0 Å². The molecule has 2 atom stereocenters. The average molecular weight is 275 g/mol. The average Bonchev–Trinajstić information content (AvgIpc) is 2.46. The number of hydrogen-bond donors (Lipinski definition) is 2. The van der Waals surface area contributed by atoms with E-state index in [0.29, 0.717) is 24.5 Å². The first-order valence-corrected chi connectivity index (χ1v) is 8.11. The summed E-state index contributed by atoms with van der Waals surface area (Å²) in [6.45, 7) is 5.76. The molecule has 0 amide bonds. The van der Waals surface area contributed by atoms with Crippen molar-refractivity contribution in [3.05, 3.63) is 35.4 Å². The molecule has 2 N–H and O–H groups in total. The van der Waals surface area contributed by atoms with E-state index in [4.69, 9.17) is 0 Å². The molecule has 2 heteroatoms. The summed E-state index contributed by atoms with van der Waals surface area (Å²) in [5.74, 6) is 1.16. The first-order chi connectivity index (χ1) is 9.69. The van der Waals surface area contributed by atoms with Crippen molar-refractivity contribution in [1.82, 2.24) is 5.32 Å². The minimum atomic E-state index is 0.324. The zero-order valence-electron chi connectivity index (χ0n) is 12.9. The van der Waals surface area contributed by atoms with Crippen molar-refractivity contribution in [2.75, 3.05) is 6.61 Å². The van der Waals surface area contributed by atoms with Crippen LogP contribution in [0.5, 0.6) is 0 Å². The van der Waals surface area contributed by atoms with Crippen LogP contribution in [0.3, 0.4) is 0 Å². The van der Waals surface area contributed by atoms with Gasteiger partial charge in [0.25, 0.3) is 0 Å². The van der Waals surface area contributed by atoms with E-state index in [-0.39, 0.29) is 0 Å². The van der Waals surface area contributed by atoms with Crippen molar-refractivity contribution < 1.29 is 5.11 Å². The van der Waals surface area contributed by atoms with Gasteiger partial charge in [-0.2, -0.15) is 0 Å². The Bertz CT molecular complexity index is 385. The van der Waals surface area contributed by atoms with Crippen molar-refractivity contribution in [2.24, 2.45) is 11.8 Å². The second-order valence-electron chi connectivity index (χ2n) is 6.63. The number of rotatable bonds is 6. The van der Waals surface area contributed by atoms with Crippen LogP contribution in [-0.2, 0) is 13.0 Å². The first kappa shape index (κ1) is 15.5. The molecule has 112 valence electrons. The van der Waals surface area contributed by atoms with Crippen LogP contribution in [0.4, 0.5) is 0 Å². The minimum absolute atomic E-state index is 0.324. The molecule has 0 radical (unpaired) electrons. The Labute approximate surface area is 123 Å². The van der Waals surface area contributed by atoms with E-state index in [1.165, 1.54) is 36.8 Å². The third kappa shape index (κ3) is 4.60. The summed E-state index contributed by atoms with van der Waals surface area (Å²) in [4.78, 5) is 0. The monoisotopic (exact) mass is 275 g/mol. The van der Waals surface area contributed by atoms with Crippen LogP contribution in [0.15, 0.2) is 24.3 Å². The molecule has 0 heterocycles. The predicted molar refractivity (Wildman–Crippen MR) is 84.7 cm³/mol. The quantitative estimate of drug-likeness (QED) is 0.832. The van der Waals surface area contributed by atoms with Crippen LogP contribution in [0.25, 0.3) is 0 Å². The van der Waals surface area contributed by atoms with Gasteiger partial charge < -0.3 is 10.4 Å². The maximum absolute atomic E-state index is 9.44. The van der Waals surface area contributed by atoms with Gasteiger partial charge in [-0.15, -0.1) is 0 Å². The molecule has 0 aromatic heterocycles. The lowest BCUT2D eigenvalue weighted by atomic mass is 9.85. The summed E-state index contributed by atoms with van der Waals surface area (Å²) >= 11 is 0. The number of aliphatic hydroxyl groups excluding tert-OH is 1. The van der Waals surface area contributed by atoms with Crippen molar-refractivity contribution >= 4 is 0 Å². The summed E-state index contributed by atoms with van der Waals surface area (Å²) in [7, 11) is 0. The van der Waals surface area contributed by atoms with E-state index in [2.05, 4.69) is 43.4 Å². The van der Waals surface area contributed by atoms with Gasteiger partial charge in [0, 0.05) is 19.2 Å². The van der Waals surface area contributed by atoms with Crippen LogP contribution >= 0.6 is 0 Å².